The van der Waals surface area contributed by atoms with Gasteiger partial charge in [-0.2, -0.15) is 0 Å². The molecule has 5 heteroatoms. The number of ketones is 1. The van der Waals surface area contributed by atoms with Crippen molar-refractivity contribution in [2.24, 2.45) is 5.73 Å². The highest BCUT2D eigenvalue weighted by molar-refractivity contribution is 5.98. The van der Waals surface area contributed by atoms with Crippen molar-refractivity contribution in [1.29, 1.82) is 0 Å². The van der Waals surface area contributed by atoms with Crippen LogP contribution in [0.25, 0.3) is 0 Å². The average molecular weight is 325 g/mol. The van der Waals surface area contributed by atoms with E-state index in [-0.39, 0.29) is 43.0 Å². The number of rotatable bonds is 5. The van der Waals surface area contributed by atoms with E-state index in [1.807, 2.05) is 36.1 Å². The molecule has 1 aromatic carbocycles. The van der Waals surface area contributed by atoms with Crippen molar-refractivity contribution < 1.29 is 9.59 Å². The van der Waals surface area contributed by atoms with Gasteiger partial charge in [-0.15, -0.1) is 12.4 Å². The second-order valence-electron chi connectivity index (χ2n) is 5.76. The Bertz CT molecular complexity index is 502. The van der Waals surface area contributed by atoms with Gasteiger partial charge in [0.05, 0.1) is 0 Å². The van der Waals surface area contributed by atoms with Crippen LogP contribution in [-0.4, -0.2) is 35.7 Å². The number of aryl methyl sites for hydroxylation is 1. The first-order chi connectivity index (χ1) is 10.1. The number of hydrogen-bond donors (Lipinski definition) is 1. The fourth-order valence-corrected chi connectivity index (χ4v) is 2.82. The van der Waals surface area contributed by atoms with E-state index in [1.54, 1.807) is 0 Å². The number of likely N-dealkylation sites (tertiary alicyclic amines) is 1. The van der Waals surface area contributed by atoms with E-state index >= 15 is 0 Å². The first kappa shape index (κ1) is 18.7. The molecule has 1 aliphatic heterocycles. The molecule has 1 aromatic rings. The predicted octanol–water partition coefficient (Wildman–Crippen LogP) is 2.72. The lowest BCUT2D eigenvalue weighted by molar-refractivity contribution is -0.134. The SMILES string of the molecule is Cc1ccc(C(=O)CCC(=O)N2CCCCC2CN)cc1.Cl. The van der Waals surface area contributed by atoms with Crippen LogP contribution in [-0.2, 0) is 4.79 Å². The Morgan fingerprint density at radius 3 is 2.50 bits per heavy atom. The highest BCUT2D eigenvalue weighted by Gasteiger charge is 2.25. The Labute approximate surface area is 138 Å². The fraction of sp³-hybridized carbons (Fsp3) is 0.529. The highest BCUT2D eigenvalue weighted by atomic mass is 35.5. The maximum Gasteiger partial charge on any atom is 0.223 e. The molecule has 22 heavy (non-hydrogen) atoms. The molecule has 122 valence electrons. The number of Topliss-reactive ketones (excluding diaryl/α,β-unsaturated/α-hetero) is 1. The van der Waals surface area contributed by atoms with Crippen LogP contribution in [0.5, 0.6) is 0 Å². The van der Waals surface area contributed by atoms with E-state index in [0.717, 1.165) is 31.4 Å². The first-order valence-corrected chi connectivity index (χ1v) is 7.71. The Morgan fingerprint density at radius 2 is 1.86 bits per heavy atom. The van der Waals surface area contributed by atoms with E-state index < -0.39 is 0 Å². The van der Waals surface area contributed by atoms with Crippen LogP contribution in [0.15, 0.2) is 24.3 Å². The molecule has 0 saturated carbocycles. The molecule has 2 N–H and O–H groups in total. The molecule has 1 unspecified atom stereocenters. The van der Waals surface area contributed by atoms with Gasteiger partial charge < -0.3 is 10.6 Å². The number of halogens is 1. The van der Waals surface area contributed by atoms with Crippen LogP contribution in [0.4, 0.5) is 0 Å². The number of carbonyl (C=O) groups is 2. The van der Waals surface area contributed by atoms with E-state index in [9.17, 15) is 9.59 Å². The third kappa shape index (κ3) is 4.82. The zero-order chi connectivity index (χ0) is 15.2. The number of amides is 1. The maximum absolute atomic E-state index is 12.3. The van der Waals surface area contributed by atoms with Crippen molar-refractivity contribution in [3.8, 4) is 0 Å². The summed E-state index contributed by atoms with van der Waals surface area (Å²) in [6, 6.07) is 7.65. The van der Waals surface area contributed by atoms with E-state index in [1.165, 1.54) is 0 Å². The fourth-order valence-electron chi connectivity index (χ4n) is 2.82. The standard InChI is InChI=1S/C17H24N2O2.ClH/c1-13-5-7-14(8-6-13)16(20)9-10-17(21)19-11-3-2-4-15(19)12-18;/h5-8,15H,2-4,9-12,18H2,1H3;1H. The van der Waals surface area contributed by atoms with Crippen LogP contribution in [0, 0.1) is 6.92 Å². The molecule has 0 radical (unpaired) electrons. The third-order valence-corrected chi connectivity index (χ3v) is 4.16. The molecule has 0 aliphatic carbocycles. The Morgan fingerprint density at radius 1 is 1.18 bits per heavy atom. The van der Waals surface area contributed by atoms with Gasteiger partial charge in [0.2, 0.25) is 5.91 Å². The van der Waals surface area contributed by atoms with Crippen LogP contribution in [0.1, 0.15) is 48.0 Å². The normalized spacial score (nSPS) is 17.7. The quantitative estimate of drug-likeness (QED) is 0.847. The zero-order valence-corrected chi connectivity index (χ0v) is 13.9. The van der Waals surface area contributed by atoms with Crippen LogP contribution < -0.4 is 5.73 Å². The smallest absolute Gasteiger partial charge is 0.223 e. The molecule has 1 amide bonds. The van der Waals surface area contributed by atoms with Crippen LogP contribution in [0.2, 0.25) is 0 Å². The first-order valence-electron chi connectivity index (χ1n) is 7.71. The number of piperidine rings is 1. The predicted molar refractivity (Wildman–Crippen MR) is 90.4 cm³/mol. The van der Waals surface area contributed by atoms with Crippen molar-refractivity contribution in [3.63, 3.8) is 0 Å². The Kier molecular flexibility index (Phi) is 7.56. The molecular formula is C17H25ClN2O2. The molecule has 1 saturated heterocycles. The van der Waals surface area contributed by atoms with Gasteiger partial charge in [-0.25, -0.2) is 0 Å². The summed E-state index contributed by atoms with van der Waals surface area (Å²) >= 11 is 0. The van der Waals surface area contributed by atoms with Gasteiger partial charge in [0.15, 0.2) is 5.78 Å². The van der Waals surface area contributed by atoms with Gasteiger partial charge in [-0.1, -0.05) is 29.8 Å². The van der Waals surface area contributed by atoms with Crippen LogP contribution in [0.3, 0.4) is 0 Å². The Hall–Kier alpha value is -1.39. The molecule has 0 spiro atoms. The van der Waals surface area contributed by atoms with Crippen molar-refractivity contribution in [3.05, 3.63) is 35.4 Å². The van der Waals surface area contributed by atoms with E-state index in [0.29, 0.717) is 12.1 Å². The molecule has 0 aromatic heterocycles. The zero-order valence-electron chi connectivity index (χ0n) is 13.1. The van der Waals surface area contributed by atoms with Gasteiger partial charge in [-0.3, -0.25) is 9.59 Å². The van der Waals surface area contributed by atoms with Crippen molar-refractivity contribution in [2.75, 3.05) is 13.1 Å². The number of nitrogens with two attached hydrogens (primary N) is 1. The summed E-state index contributed by atoms with van der Waals surface area (Å²) in [5.41, 5.74) is 7.54. The van der Waals surface area contributed by atoms with Crippen molar-refractivity contribution >= 4 is 24.1 Å². The van der Waals surface area contributed by atoms with Crippen molar-refractivity contribution in [1.82, 2.24) is 4.90 Å². The number of benzene rings is 1. The van der Waals surface area contributed by atoms with Gasteiger partial charge >= 0.3 is 0 Å². The summed E-state index contributed by atoms with van der Waals surface area (Å²) < 4.78 is 0. The molecule has 1 heterocycles. The molecule has 1 atom stereocenters. The summed E-state index contributed by atoms with van der Waals surface area (Å²) in [5.74, 6) is 0.0928. The molecule has 0 bridgehead atoms. The lowest BCUT2D eigenvalue weighted by Gasteiger charge is -2.35. The molecule has 1 aliphatic rings. The van der Waals surface area contributed by atoms with E-state index in [4.69, 9.17) is 5.73 Å². The van der Waals surface area contributed by atoms with Crippen LogP contribution >= 0.6 is 12.4 Å². The highest BCUT2D eigenvalue weighted by Crippen LogP contribution is 2.18. The molecule has 4 nitrogen and oxygen atoms in total. The minimum Gasteiger partial charge on any atom is -0.338 e. The topological polar surface area (TPSA) is 63.4 Å². The Balaban J connectivity index is 0.00000242. The lowest BCUT2D eigenvalue weighted by atomic mass is 10.0. The third-order valence-electron chi connectivity index (χ3n) is 4.16. The summed E-state index contributed by atoms with van der Waals surface area (Å²) in [6.07, 6.45) is 3.70. The van der Waals surface area contributed by atoms with Crippen molar-refractivity contribution in [2.45, 2.75) is 45.1 Å². The maximum atomic E-state index is 12.3. The van der Waals surface area contributed by atoms with Gasteiger partial charge in [0.1, 0.15) is 0 Å². The number of hydrogen-bond acceptors (Lipinski definition) is 3. The van der Waals surface area contributed by atoms with Gasteiger partial charge in [-0.05, 0) is 26.2 Å². The monoisotopic (exact) mass is 324 g/mol. The average Bonchev–Trinajstić information content (AvgIpc) is 2.52. The molecular weight excluding hydrogens is 300 g/mol. The van der Waals surface area contributed by atoms with Gasteiger partial charge in [0, 0.05) is 37.5 Å². The van der Waals surface area contributed by atoms with E-state index in [2.05, 4.69) is 0 Å². The summed E-state index contributed by atoms with van der Waals surface area (Å²) in [5, 5.41) is 0. The number of carbonyl (C=O) groups excluding carboxylic acids is 2. The minimum absolute atomic E-state index is 0. The molecule has 1 fully saturated rings. The molecule has 2 rings (SSSR count). The largest absolute Gasteiger partial charge is 0.338 e. The van der Waals surface area contributed by atoms with Gasteiger partial charge in [0.25, 0.3) is 0 Å². The second-order valence-corrected chi connectivity index (χ2v) is 5.76. The lowest BCUT2D eigenvalue weighted by Crippen LogP contribution is -2.47. The summed E-state index contributed by atoms with van der Waals surface area (Å²) in [6.45, 7) is 3.28. The number of nitrogens with zero attached hydrogens (tertiary/aromatic N) is 1. The second kappa shape index (κ2) is 8.91. The minimum atomic E-state index is 0. The summed E-state index contributed by atoms with van der Waals surface area (Å²) in [4.78, 5) is 26.2. The summed E-state index contributed by atoms with van der Waals surface area (Å²) in [7, 11) is 0.